The van der Waals surface area contributed by atoms with Crippen LogP contribution in [0, 0.1) is 0 Å². The Morgan fingerprint density at radius 1 is 0.440 bits per heavy atom. The second kappa shape index (κ2) is 4.70. The summed E-state index contributed by atoms with van der Waals surface area (Å²) in [6.45, 7) is 0. The molecule has 0 atom stereocenters. The monoisotopic (exact) mass is 316 g/mol. The Morgan fingerprint density at radius 3 is 1.84 bits per heavy atom. The molecule has 0 spiro atoms. The maximum absolute atomic E-state index is 2.32. The zero-order chi connectivity index (χ0) is 16.4. The molecule has 0 unspecified atom stereocenters. The van der Waals surface area contributed by atoms with E-state index in [1.807, 2.05) is 0 Å². The molecule has 0 heteroatoms. The van der Waals surface area contributed by atoms with Crippen molar-refractivity contribution >= 4 is 32.3 Å². The van der Waals surface area contributed by atoms with Crippen LogP contribution in [0.1, 0.15) is 11.1 Å². The van der Waals surface area contributed by atoms with E-state index in [1.54, 1.807) is 0 Å². The fourth-order valence-electron chi connectivity index (χ4n) is 4.64. The van der Waals surface area contributed by atoms with E-state index >= 15 is 0 Å². The van der Waals surface area contributed by atoms with Gasteiger partial charge in [-0.25, -0.2) is 0 Å². The molecule has 25 heavy (non-hydrogen) atoms. The molecular weight excluding hydrogens is 300 g/mol. The Balaban J connectivity index is 1.85. The van der Waals surface area contributed by atoms with Crippen molar-refractivity contribution in [2.45, 2.75) is 6.42 Å². The molecule has 0 saturated heterocycles. The lowest BCUT2D eigenvalue weighted by Crippen LogP contribution is -1.87. The summed E-state index contributed by atoms with van der Waals surface area (Å²) in [6, 6.07) is 31.1. The minimum absolute atomic E-state index is 1.03. The first kappa shape index (κ1) is 13.2. The van der Waals surface area contributed by atoms with Gasteiger partial charge in [0, 0.05) is 0 Å². The standard InChI is InChI=1S/C25H16/c1-2-8-17-16(7-1)13-14-22-23(17)15-24-20-11-4-3-9-18(20)19-10-5-6-12-21(19)25(22)24/h1-14H,15H2. The summed E-state index contributed by atoms with van der Waals surface area (Å²) in [4.78, 5) is 0. The van der Waals surface area contributed by atoms with E-state index in [2.05, 4.69) is 84.9 Å². The number of benzene rings is 5. The predicted molar refractivity (Wildman–Crippen MR) is 107 cm³/mol. The first-order chi connectivity index (χ1) is 12.4. The molecule has 1 aliphatic carbocycles. The Bertz CT molecular complexity index is 1310. The summed E-state index contributed by atoms with van der Waals surface area (Å²) in [5.41, 5.74) is 5.82. The third-order valence-corrected chi connectivity index (χ3v) is 5.70. The summed E-state index contributed by atoms with van der Waals surface area (Å²) in [5.74, 6) is 0. The lowest BCUT2D eigenvalue weighted by atomic mass is 9.91. The van der Waals surface area contributed by atoms with Gasteiger partial charge in [-0.1, -0.05) is 84.9 Å². The van der Waals surface area contributed by atoms with Gasteiger partial charge in [0.2, 0.25) is 0 Å². The maximum atomic E-state index is 2.32. The van der Waals surface area contributed by atoms with Gasteiger partial charge in [-0.15, -0.1) is 0 Å². The van der Waals surface area contributed by atoms with E-state index < -0.39 is 0 Å². The summed E-state index contributed by atoms with van der Waals surface area (Å²) >= 11 is 0. The molecule has 0 amide bonds. The van der Waals surface area contributed by atoms with Crippen LogP contribution in [0.15, 0.2) is 84.9 Å². The molecule has 0 radical (unpaired) electrons. The van der Waals surface area contributed by atoms with Crippen LogP contribution in [0.25, 0.3) is 43.4 Å². The zero-order valence-corrected chi connectivity index (χ0v) is 13.8. The average molecular weight is 316 g/mol. The topological polar surface area (TPSA) is 0 Å². The van der Waals surface area contributed by atoms with Crippen LogP contribution in [0.3, 0.4) is 0 Å². The number of hydrogen-bond acceptors (Lipinski definition) is 0. The molecular formula is C25H16. The van der Waals surface area contributed by atoms with Crippen LogP contribution in [-0.2, 0) is 6.42 Å². The van der Waals surface area contributed by atoms with Crippen LogP contribution in [0.5, 0.6) is 0 Å². The van der Waals surface area contributed by atoms with Crippen molar-refractivity contribution in [1.82, 2.24) is 0 Å². The van der Waals surface area contributed by atoms with Crippen molar-refractivity contribution in [1.29, 1.82) is 0 Å². The molecule has 0 fully saturated rings. The second-order valence-electron chi connectivity index (χ2n) is 6.93. The molecule has 6 rings (SSSR count). The molecule has 0 N–H and O–H groups in total. The lowest BCUT2D eigenvalue weighted by molar-refractivity contribution is 1.31. The SMILES string of the molecule is c1ccc2c3c(ccc2c1)-c1c(c2ccccc2c2ccccc12)C3. The highest BCUT2D eigenvalue weighted by atomic mass is 14.3. The minimum atomic E-state index is 1.03. The molecule has 1 aliphatic rings. The van der Waals surface area contributed by atoms with Gasteiger partial charge < -0.3 is 0 Å². The number of hydrogen-bond donors (Lipinski definition) is 0. The van der Waals surface area contributed by atoms with Crippen molar-refractivity contribution < 1.29 is 0 Å². The van der Waals surface area contributed by atoms with E-state index in [4.69, 9.17) is 0 Å². The van der Waals surface area contributed by atoms with Crippen molar-refractivity contribution in [2.75, 3.05) is 0 Å². The van der Waals surface area contributed by atoms with Crippen LogP contribution in [0.4, 0.5) is 0 Å². The molecule has 0 heterocycles. The van der Waals surface area contributed by atoms with Crippen LogP contribution >= 0.6 is 0 Å². The fraction of sp³-hybridized carbons (Fsp3) is 0.0400. The summed E-state index contributed by atoms with van der Waals surface area (Å²) < 4.78 is 0. The van der Waals surface area contributed by atoms with Gasteiger partial charge in [0.1, 0.15) is 0 Å². The predicted octanol–water partition coefficient (Wildman–Crippen LogP) is 6.72. The Morgan fingerprint density at radius 2 is 1.04 bits per heavy atom. The quantitative estimate of drug-likeness (QED) is 0.273. The largest absolute Gasteiger partial charge is 0.0616 e. The van der Waals surface area contributed by atoms with Gasteiger partial charge in [-0.05, 0) is 61.0 Å². The van der Waals surface area contributed by atoms with Gasteiger partial charge in [0.15, 0.2) is 0 Å². The molecule has 5 aromatic carbocycles. The Hall–Kier alpha value is -3.12. The minimum Gasteiger partial charge on any atom is -0.0616 e. The Kier molecular flexibility index (Phi) is 2.48. The summed E-state index contributed by atoms with van der Waals surface area (Å²) in [7, 11) is 0. The lowest BCUT2D eigenvalue weighted by Gasteiger charge is -2.12. The van der Waals surface area contributed by atoms with E-state index in [9.17, 15) is 0 Å². The van der Waals surface area contributed by atoms with Crippen molar-refractivity contribution in [2.24, 2.45) is 0 Å². The first-order valence-electron chi connectivity index (χ1n) is 8.85. The van der Waals surface area contributed by atoms with Crippen LogP contribution in [0.2, 0.25) is 0 Å². The molecule has 5 aromatic rings. The highest BCUT2D eigenvalue weighted by Crippen LogP contribution is 2.47. The highest BCUT2D eigenvalue weighted by Gasteiger charge is 2.25. The maximum Gasteiger partial charge on any atom is -0.0000885 e. The number of fused-ring (bicyclic) bond motifs is 10. The third kappa shape index (κ3) is 1.66. The van der Waals surface area contributed by atoms with Gasteiger partial charge in [-0.2, -0.15) is 0 Å². The Labute approximate surface area is 146 Å². The number of rotatable bonds is 0. The smallest absolute Gasteiger partial charge is 0.0000885 e. The average Bonchev–Trinajstić information content (AvgIpc) is 3.09. The van der Waals surface area contributed by atoms with Crippen molar-refractivity contribution in [3.63, 3.8) is 0 Å². The fourth-order valence-corrected chi connectivity index (χ4v) is 4.64. The summed E-state index contributed by atoms with van der Waals surface area (Å²) in [6.07, 6.45) is 1.03. The molecule has 0 aromatic heterocycles. The molecule has 0 bridgehead atoms. The van der Waals surface area contributed by atoms with Crippen molar-refractivity contribution in [3.8, 4) is 11.1 Å². The van der Waals surface area contributed by atoms with Crippen LogP contribution < -0.4 is 0 Å². The van der Waals surface area contributed by atoms with Gasteiger partial charge >= 0.3 is 0 Å². The van der Waals surface area contributed by atoms with Crippen LogP contribution in [-0.4, -0.2) is 0 Å². The molecule has 0 saturated carbocycles. The third-order valence-electron chi connectivity index (χ3n) is 5.70. The highest BCUT2D eigenvalue weighted by molar-refractivity contribution is 6.18. The van der Waals surface area contributed by atoms with Crippen molar-refractivity contribution in [3.05, 3.63) is 96.1 Å². The summed E-state index contributed by atoms with van der Waals surface area (Å²) in [5, 5.41) is 8.24. The van der Waals surface area contributed by atoms with E-state index in [0.29, 0.717) is 0 Å². The zero-order valence-electron chi connectivity index (χ0n) is 13.8. The normalized spacial score (nSPS) is 12.6. The molecule has 116 valence electrons. The molecule has 0 nitrogen and oxygen atoms in total. The molecule has 0 aliphatic heterocycles. The second-order valence-corrected chi connectivity index (χ2v) is 6.93. The first-order valence-corrected chi connectivity index (χ1v) is 8.85. The van der Waals surface area contributed by atoms with Gasteiger partial charge in [0.25, 0.3) is 0 Å². The van der Waals surface area contributed by atoms with Gasteiger partial charge in [0.05, 0.1) is 0 Å². The van der Waals surface area contributed by atoms with Gasteiger partial charge in [-0.3, -0.25) is 0 Å². The van der Waals surface area contributed by atoms with E-state index in [1.165, 1.54) is 54.6 Å². The van der Waals surface area contributed by atoms with E-state index in [0.717, 1.165) is 6.42 Å². The van der Waals surface area contributed by atoms with E-state index in [-0.39, 0.29) is 0 Å².